The number of aryl methyl sites for hydroxylation is 2. The predicted molar refractivity (Wildman–Crippen MR) is 84.1 cm³/mol. The number of aromatic nitrogens is 2. The molecule has 1 aliphatic rings. The Kier molecular flexibility index (Phi) is 5.68. The molecule has 0 aromatic carbocycles. The summed E-state index contributed by atoms with van der Waals surface area (Å²) >= 11 is 6.31. The van der Waals surface area contributed by atoms with E-state index in [1.165, 1.54) is 0 Å². The van der Waals surface area contributed by atoms with Gasteiger partial charge in [-0.15, -0.1) is 11.6 Å². The Labute approximate surface area is 132 Å². The number of hydrogen-bond acceptors (Lipinski definition) is 3. The first-order valence-corrected chi connectivity index (χ1v) is 9.56. The van der Waals surface area contributed by atoms with Gasteiger partial charge in [-0.3, -0.25) is 0 Å². The van der Waals surface area contributed by atoms with Crippen LogP contribution in [0.4, 0.5) is 0 Å². The van der Waals surface area contributed by atoms with Crippen LogP contribution in [0, 0.1) is 6.92 Å². The third-order valence-corrected chi connectivity index (χ3v) is 5.81. The normalized spacial score (nSPS) is 24.0. The number of rotatable bonds is 5. The smallest absolute Gasteiger partial charge is 0.259 e. The fraction of sp³-hybridized carbons (Fsp3) is 0.786. The third-order valence-electron chi connectivity index (χ3n) is 3.93. The van der Waals surface area contributed by atoms with Gasteiger partial charge in [-0.2, -0.15) is 0 Å². The van der Waals surface area contributed by atoms with E-state index in [0.29, 0.717) is 0 Å². The summed E-state index contributed by atoms with van der Waals surface area (Å²) in [6, 6.07) is -0.198. The summed E-state index contributed by atoms with van der Waals surface area (Å²) in [6.45, 7) is 4.65. The summed E-state index contributed by atoms with van der Waals surface area (Å²) in [4.78, 5) is 4.18. The Balaban J connectivity index is 2.15. The third kappa shape index (κ3) is 4.20. The van der Waals surface area contributed by atoms with Crippen LogP contribution < -0.4 is 4.72 Å². The number of sulfonamides is 1. The maximum Gasteiger partial charge on any atom is 0.259 e. The molecular weight excluding hydrogens is 310 g/mol. The van der Waals surface area contributed by atoms with Crippen LogP contribution in [0.15, 0.2) is 11.2 Å². The number of imidazole rings is 1. The lowest BCUT2D eigenvalue weighted by Crippen LogP contribution is -2.40. The van der Waals surface area contributed by atoms with Crippen molar-refractivity contribution in [3.05, 3.63) is 12.0 Å². The van der Waals surface area contributed by atoms with Gasteiger partial charge in [0.2, 0.25) is 0 Å². The van der Waals surface area contributed by atoms with Crippen molar-refractivity contribution >= 4 is 21.6 Å². The molecule has 2 atom stereocenters. The Morgan fingerprint density at radius 2 is 2.10 bits per heavy atom. The molecule has 120 valence electrons. The second kappa shape index (κ2) is 7.11. The largest absolute Gasteiger partial charge is 0.334 e. The summed E-state index contributed by atoms with van der Waals surface area (Å²) in [5.74, 6) is 0.723. The van der Waals surface area contributed by atoms with Crippen LogP contribution in [0.5, 0.6) is 0 Å². The average Bonchev–Trinajstić information content (AvgIpc) is 2.68. The summed E-state index contributed by atoms with van der Waals surface area (Å²) in [6.07, 6.45) is 7.40. The predicted octanol–water partition coefficient (Wildman–Crippen LogP) is 2.82. The van der Waals surface area contributed by atoms with E-state index in [2.05, 4.69) is 16.6 Å². The minimum Gasteiger partial charge on any atom is -0.334 e. The topological polar surface area (TPSA) is 64.0 Å². The molecule has 0 aliphatic heterocycles. The van der Waals surface area contributed by atoms with Crippen molar-refractivity contribution in [3.63, 3.8) is 0 Å². The van der Waals surface area contributed by atoms with Gasteiger partial charge >= 0.3 is 0 Å². The van der Waals surface area contributed by atoms with E-state index in [1.807, 2.05) is 11.5 Å². The molecule has 1 aromatic rings. The van der Waals surface area contributed by atoms with Gasteiger partial charge in [0, 0.05) is 24.2 Å². The minimum atomic E-state index is -3.60. The summed E-state index contributed by atoms with van der Waals surface area (Å²) in [5.41, 5.74) is 0. The lowest BCUT2D eigenvalue weighted by molar-refractivity contribution is 0.512. The maximum absolute atomic E-state index is 12.5. The van der Waals surface area contributed by atoms with E-state index in [-0.39, 0.29) is 16.4 Å². The van der Waals surface area contributed by atoms with Crippen LogP contribution in [0.25, 0.3) is 0 Å². The molecule has 2 unspecified atom stereocenters. The van der Waals surface area contributed by atoms with Gasteiger partial charge in [0.1, 0.15) is 5.82 Å². The van der Waals surface area contributed by atoms with Crippen molar-refractivity contribution < 1.29 is 8.42 Å². The molecule has 21 heavy (non-hydrogen) atoms. The molecule has 2 rings (SSSR count). The number of hydrogen-bond donors (Lipinski definition) is 1. The lowest BCUT2D eigenvalue weighted by atomic mass is 10.1. The molecule has 5 nitrogen and oxygen atoms in total. The number of nitrogens with zero attached hydrogens (tertiary/aromatic N) is 2. The van der Waals surface area contributed by atoms with Crippen molar-refractivity contribution in [2.45, 2.75) is 75.4 Å². The van der Waals surface area contributed by atoms with Crippen molar-refractivity contribution in [2.75, 3.05) is 0 Å². The van der Waals surface area contributed by atoms with E-state index in [4.69, 9.17) is 11.6 Å². The highest BCUT2D eigenvalue weighted by Gasteiger charge is 2.28. The highest BCUT2D eigenvalue weighted by Crippen LogP contribution is 2.24. The fourth-order valence-corrected chi connectivity index (χ4v) is 4.47. The molecular formula is C14H24ClN3O2S. The Morgan fingerprint density at radius 3 is 2.81 bits per heavy atom. The minimum absolute atomic E-state index is 0.0987. The van der Waals surface area contributed by atoms with Gasteiger partial charge in [-0.05, 0) is 26.2 Å². The first-order chi connectivity index (χ1) is 9.94. The average molecular weight is 334 g/mol. The summed E-state index contributed by atoms with van der Waals surface area (Å²) < 4.78 is 29.6. The van der Waals surface area contributed by atoms with Crippen LogP contribution in [0.2, 0.25) is 0 Å². The molecule has 1 saturated carbocycles. The number of nitrogens with one attached hydrogen (secondary N) is 1. The molecule has 0 spiro atoms. The zero-order valence-electron chi connectivity index (χ0n) is 12.7. The van der Waals surface area contributed by atoms with E-state index >= 15 is 0 Å². The van der Waals surface area contributed by atoms with Gasteiger partial charge in [0.15, 0.2) is 5.03 Å². The molecule has 0 saturated heterocycles. The molecule has 1 aliphatic carbocycles. The second-order valence-corrected chi connectivity index (χ2v) is 7.92. The van der Waals surface area contributed by atoms with Crippen LogP contribution in [-0.2, 0) is 16.6 Å². The zero-order valence-corrected chi connectivity index (χ0v) is 14.3. The van der Waals surface area contributed by atoms with Crippen molar-refractivity contribution in [2.24, 2.45) is 0 Å². The highest BCUT2D eigenvalue weighted by molar-refractivity contribution is 7.89. The van der Waals surface area contributed by atoms with Gasteiger partial charge in [-0.1, -0.05) is 26.2 Å². The molecule has 1 fully saturated rings. The van der Waals surface area contributed by atoms with Crippen molar-refractivity contribution in [3.8, 4) is 0 Å². The quantitative estimate of drug-likeness (QED) is 0.665. The van der Waals surface area contributed by atoms with Crippen LogP contribution in [0.3, 0.4) is 0 Å². The Hall–Kier alpha value is -0.590. The van der Waals surface area contributed by atoms with Gasteiger partial charge in [0.05, 0.1) is 0 Å². The van der Waals surface area contributed by atoms with Gasteiger partial charge in [-0.25, -0.2) is 18.1 Å². The van der Waals surface area contributed by atoms with E-state index in [0.717, 1.165) is 50.9 Å². The summed E-state index contributed by atoms with van der Waals surface area (Å²) in [7, 11) is -3.60. The summed E-state index contributed by atoms with van der Waals surface area (Å²) in [5, 5.41) is -0.0392. The first-order valence-electron chi connectivity index (χ1n) is 7.64. The van der Waals surface area contributed by atoms with Gasteiger partial charge < -0.3 is 4.57 Å². The SMILES string of the molecule is CCCn1cc(S(=O)(=O)NC2CCCCCC2Cl)nc1C. The Bertz CT molecular complexity index is 571. The van der Waals surface area contributed by atoms with Crippen LogP contribution in [0.1, 0.15) is 51.3 Å². The molecule has 0 radical (unpaired) electrons. The number of halogens is 1. The maximum atomic E-state index is 12.5. The molecule has 1 aromatic heterocycles. The molecule has 1 N–H and O–H groups in total. The van der Waals surface area contributed by atoms with E-state index < -0.39 is 10.0 Å². The van der Waals surface area contributed by atoms with Crippen LogP contribution in [-0.4, -0.2) is 29.4 Å². The monoisotopic (exact) mass is 333 g/mol. The number of alkyl halides is 1. The molecule has 0 amide bonds. The molecule has 1 heterocycles. The lowest BCUT2D eigenvalue weighted by Gasteiger charge is -2.20. The second-order valence-electron chi connectivity index (χ2n) is 5.70. The first kappa shape index (κ1) is 16.8. The Morgan fingerprint density at radius 1 is 1.38 bits per heavy atom. The molecule has 7 heteroatoms. The highest BCUT2D eigenvalue weighted by atomic mass is 35.5. The van der Waals surface area contributed by atoms with E-state index in [1.54, 1.807) is 6.20 Å². The molecule has 0 bridgehead atoms. The zero-order chi connectivity index (χ0) is 15.5. The van der Waals surface area contributed by atoms with Crippen molar-refractivity contribution in [1.82, 2.24) is 14.3 Å². The van der Waals surface area contributed by atoms with Gasteiger partial charge in [0.25, 0.3) is 10.0 Å². The fourth-order valence-electron chi connectivity index (χ4n) is 2.73. The standard InChI is InChI=1S/C14H24ClN3O2S/c1-3-9-18-10-14(16-11(18)2)21(19,20)17-13-8-6-4-5-7-12(13)15/h10,12-13,17H,3-9H2,1-2H3. The van der Waals surface area contributed by atoms with Crippen LogP contribution >= 0.6 is 11.6 Å². The van der Waals surface area contributed by atoms with E-state index in [9.17, 15) is 8.42 Å². The van der Waals surface area contributed by atoms with Crippen molar-refractivity contribution in [1.29, 1.82) is 0 Å².